The van der Waals surface area contributed by atoms with Crippen LogP contribution in [0.2, 0.25) is 0 Å². The molecule has 0 saturated carbocycles. The highest BCUT2D eigenvalue weighted by molar-refractivity contribution is 5.68. The number of hydrogen-bond acceptors (Lipinski definition) is 6. The molecule has 158 valence electrons. The Morgan fingerprint density at radius 1 is 1.34 bits per heavy atom. The van der Waals surface area contributed by atoms with Crippen molar-refractivity contribution in [2.24, 2.45) is 5.92 Å². The normalized spacial score (nSPS) is 19.6. The number of alkyl carbamates (subject to hydrolysis) is 1. The average molecular weight is 406 g/mol. The zero-order valence-corrected chi connectivity index (χ0v) is 17.2. The van der Waals surface area contributed by atoms with E-state index in [4.69, 9.17) is 18.7 Å². The summed E-state index contributed by atoms with van der Waals surface area (Å²) in [5.74, 6) is 0.491. The molecule has 2 aromatic rings. The Hall–Kier alpha value is -2.61. The van der Waals surface area contributed by atoms with Crippen LogP contribution in [0.3, 0.4) is 0 Å². The van der Waals surface area contributed by atoms with Gasteiger partial charge in [0.1, 0.15) is 28.6 Å². The minimum atomic E-state index is -0.567. The van der Waals surface area contributed by atoms with Crippen LogP contribution in [0.15, 0.2) is 28.8 Å². The maximum absolute atomic E-state index is 14.5. The summed E-state index contributed by atoms with van der Waals surface area (Å²) in [6.07, 6.45) is 0.194. The predicted molar refractivity (Wildman–Crippen MR) is 104 cm³/mol. The van der Waals surface area contributed by atoms with Crippen molar-refractivity contribution in [3.8, 4) is 17.0 Å². The minimum absolute atomic E-state index is 0.0720. The zero-order valence-electron chi connectivity index (χ0n) is 17.2. The number of benzene rings is 1. The quantitative estimate of drug-likeness (QED) is 0.805. The molecule has 1 aliphatic heterocycles. The third-order valence-corrected chi connectivity index (χ3v) is 4.48. The number of halogens is 1. The van der Waals surface area contributed by atoms with Crippen molar-refractivity contribution in [1.82, 2.24) is 10.5 Å². The molecule has 2 heterocycles. The monoisotopic (exact) mass is 406 g/mol. The van der Waals surface area contributed by atoms with Gasteiger partial charge >= 0.3 is 6.09 Å². The van der Waals surface area contributed by atoms with Crippen LogP contribution in [0, 0.1) is 18.7 Å². The second-order valence-electron chi connectivity index (χ2n) is 8.15. The standard InChI is InChI=1S/C21H27FN2O5/c1-13-9-19(24-29-13)16-6-5-15(10-17(16)22)27-12-14-11-26-8-7-18(14)23-20(25)28-21(2,3)4/h5-6,9-10,14,18H,7-8,11-12H2,1-4H3,(H,23,25)/t14-,18+/m1/s1. The van der Waals surface area contributed by atoms with Crippen LogP contribution in [-0.4, -0.2) is 42.7 Å². The van der Waals surface area contributed by atoms with Gasteiger partial charge < -0.3 is 24.1 Å². The maximum atomic E-state index is 14.5. The zero-order chi connectivity index (χ0) is 21.0. The Morgan fingerprint density at radius 2 is 2.14 bits per heavy atom. The number of ether oxygens (including phenoxy) is 3. The fourth-order valence-electron chi connectivity index (χ4n) is 3.10. The second kappa shape index (κ2) is 8.82. The minimum Gasteiger partial charge on any atom is -0.493 e. The topological polar surface area (TPSA) is 82.8 Å². The van der Waals surface area contributed by atoms with E-state index in [-0.39, 0.29) is 18.6 Å². The predicted octanol–water partition coefficient (Wildman–Crippen LogP) is 4.10. The molecule has 1 fully saturated rings. The molecule has 0 spiro atoms. The van der Waals surface area contributed by atoms with Gasteiger partial charge in [0.15, 0.2) is 0 Å². The summed E-state index contributed by atoms with van der Waals surface area (Å²) in [4.78, 5) is 12.1. The third-order valence-electron chi connectivity index (χ3n) is 4.48. The van der Waals surface area contributed by atoms with Crippen LogP contribution in [-0.2, 0) is 9.47 Å². The number of carbonyl (C=O) groups excluding carboxylic acids is 1. The second-order valence-corrected chi connectivity index (χ2v) is 8.15. The van der Waals surface area contributed by atoms with Gasteiger partial charge in [0.25, 0.3) is 0 Å². The van der Waals surface area contributed by atoms with Gasteiger partial charge in [-0.3, -0.25) is 0 Å². The largest absolute Gasteiger partial charge is 0.493 e. The van der Waals surface area contributed by atoms with Gasteiger partial charge in [-0.25, -0.2) is 9.18 Å². The van der Waals surface area contributed by atoms with Crippen molar-refractivity contribution >= 4 is 6.09 Å². The van der Waals surface area contributed by atoms with Crippen LogP contribution in [0.4, 0.5) is 9.18 Å². The highest BCUT2D eigenvalue weighted by Gasteiger charge is 2.29. The van der Waals surface area contributed by atoms with Crippen molar-refractivity contribution in [2.45, 2.75) is 45.8 Å². The highest BCUT2D eigenvalue weighted by Crippen LogP contribution is 2.27. The molecule has 0 unspecified atom stereocenters. The summed E-state index contributed by atoms with van der Waals surface area (Å²) in [5, 5.41) is 6.73. The van der Waals surface area contributed by atoms with E-state index in [9.17, 15) is 9.18 Å². The van der Waals surface area contributed by atoms with Crippen LogP contribution >= 0.6 is 0 Å². The first-order valence-corrected chi connectivity index (χ1v) is 9.64. The Balaban J connectivity index is 1.60. The smallest absolute Gasteiger partial charge is 0.407 e. The summed E-state index contributed by atoms with van der Waals surface area (Å²) in [6, 6.07) is 6.14. The first-order chi connectivity index (χ1) is 13.7. The molecule has 1 aromatic heterocycles. The molecule has 1 amide bonds. The van der Waals surface area contributed by atoms with Gasteiger partial charge in [0.2, 0.25) is 0 Å². The van der Waals surface area contributed by atoms with E-state index in [0.717, 1.165) is 0 Å². The Morgan fingerprint density at radius 3 is 2.79 bits per heavy atom. The van der Waals surface area contributed by atoms with Gasteiger partial charge in [-0.15, -0.1) is 0 Å². The number of nitrogens with one attached hydrogen (secondary N) is 1. The van der Waals surface area contributed by atoms with E-state index >= 15 is 0 Å². The van der Waals surface area contributed by atoms with E-state index in [1.807, 2.05) is 20.8 Å². The molecule has 3 rings (SSSR count). The van der Waals surface area contributed by atoms with Crippen molar-refractivity contribution in [3.05, 3.63) is 35.8 Å². The number of nitrogens with zero attached hydrogens (tertiary/aromatic N) is 1. The molecule has 0 aliphatic carbocycles. The van der Waals surface area contributed by atoms with E-state index < -0.39 is 17.5 Å². The number of amides is 1. The van der Waals surface area contributed by atoms with Crippen LogP contribution < -0.4 is 10.1 Å². The number of aromatic nitrogens is 1. The van der Waals surface area contributed by atoms with Crippen LogP contribution in [0.5, 0.6) is 5.75 Å². The molecule has 7 nitrogen and oxygen atoms in total. The fraction of sp³-hybridized carbons (Fsp3) is 0.524. The molecule has 1 aromatic carbocycles. The van der Waals surface area contributed by atoms with Crippen LogP contribution in [0.25, 0.3) is 11.3 Å². The van der Waals surface area contributed by atoms with E-state index in [0.29, 0.717) is 42.4 Å². The molecular formula is C21H27FN2O5. The SMILES string of the molecule is Cc1cc(-c2ccc(OC[C@H]3COCC[C@@H]3NC(=O)OC(C)(C)C)cc2F)no1. The summed E-state index contributed by atoms with van der Waals surface area (Å²) in [6.45, 7) is 8.47. The van der Waals surface area contributed by atoms with E-state index in [2.05, 4.69) is 10.5 Å². The van der Waals surface area contributed by atoms with Gasteiger partial charge in [0, 0.05) is 36.3 Å². The number of rotatable bonds is 5. The maximum Gasteiger partial charge on any atom is 0.407 e. The van der Waals surface area contributed by atoms with E-state index in [1.165, 1.54) is 6.07 Å². The van der Waals surface area contributed by atoms with Crippen molar-refractivity contribution in [3.63, 3.8) is 0 Å². The summed E-state index contributed by atoms with van der Waals surface area (Å²) < 4.78 is 36.1. The fourth-order valence-corrected chi connectivity index (χ4v) is 3.10. The van der Waals surface area contributed by atoms with Gasteiger partial charge in [0.05, 0.1) is 13.2 Å². The molecule has 0 bridgehead atoms. The molecule has 8 heteroatoms. The molecule has 29 heavy (non-hydrogen) atoms. The molecular weight excluding hydrogens is 379 g/mol. The van der Waals surface area contributed by atoms with Gasteiger partial charge in [-0.05, 0) is 46.2 Å². The number of hydrogen-bond donors (Lipinski definition) is 1. The summed E-state index contributed by atoms with van der Waals surface area (Å²) >= 11 is 0. The summed E-state index contributed by atoms with van der Waals surface area (Å²) in [7, 11) is 0. The lowest BCUT2D eigenvalue weighted by atomic mass is 9.97. The lowest BCUT2D eigenvalue weighted by molar-refractivity contribution is 0.00437. The number of aryl methyl sites for hydroxylation is 1. The average Bonchev–Trinajstić information content (AvgIpc) is 3.05. The van der Waals surface area contributed by atoms with Crippen LogP contribution in [0.1, 0.15) is 33.0 Å². The Bertz CT molecular complexity index is 846. The van der Waals surface area contributed by atoms with Crippen molar-refractivity contribution in [2.75, 3.05) is 19.8 Å². The van der Waals surface area contributed by atoms with Gasteiger partial charge in [-0.2, -0.15) is 0 Å². The first-order valence-electron chi connectivity index (χ1n) is 9.64. The van der Waals surface area contributed by atoms with Gasteiger partial charge in [-0.1, -0.05) is 5.16 Å². The molecule has 1 aliphatic rings. The highest BCUT2D eigenvalue weighted by atomic mass is 19.1. The first kappa shape index (κ1) is 21.1. The third kappa shape index (κ3) is 5.93. The number of carbonyl (C=O) groups is 1. The molecule has 0 radical (unpaired) electrons. The lowest BCUT2D eigenvalue weighted by Crippen LogP contribution is -2.48. The molecule has 2 atom stereocenters. The Labute approximate surface area is 169 Å². The van der Waals surface area contributed by atoms with E-state index in [1.54, 1.807) is 25.1 Å². The van der Waals surface area contributed by atoms with Crippen molar-refractivity contribution < 1.29 is 27.9 Å². The summed E-state index contributed by atoms with van der Waals surface area (Å²) in [5.41, 5.74) is 0.219. The Kier molecular flexibility index (Phi) is 6.42. The molecule has 1 saturated heterocycles. The molecule has 1 N–H and O–H groups in total. The van der Waals surface area contributed by atoms with Crippen molar-refractivity contribution in [1.29, 1.82) is 0 Å². The lowest BCUT2D eigenvalue weighted by Gasteiger charge is -2.32.